The number of benzene rings is 2. The number of anilines is 1. The molecule has 5 bridgehead atoms. The number of esters is 1. The third-order valence-electron chi connectivity index (χ3n) is 11.9. The zero-order valence-electron chi connectivity index (χ0n) is 45.3. The van der Waals surface area contributed by atoms with Crippen molar-refractivity contribution in [1.29, 1.82) is 0 Å². The smallest absolute Gasteiger partial charge is 0.312 e. The summed E-state index contributed by atoms with van der Waals surface area (Å²) in [6, 6.07) is 0. The fourth-order valence-electron chi connectivity index (χ4n) is 8.09. The zero-order valence-corrected chi connectivity index (χ0v) is 36.3. The van der Waals surface area contributed by atoms with Crippen molar-refractivity contribution in [1.82, 2.24) is 9.91 Å². The number of nitrogens with zero attached hydrogens (tertiary/aromatic N) is 3. The lowest BCUT2D eigenvalue weighted by molar-refractivity contribution is -0.160. The van der Waals surface area contributed by atoms with E-state index in [-0.39, 0.29) is 54.2 Å². The number of ketones is 1. The van der Waals surface area contributed by atoms with Gasteiger partial charge in [0.25, 0.3) is 11.7 Å². The molecule has 62 heavy (non-hydrogen) atoms. The molecule has 4 aliphatic heterocycles. The van der Waals surface area contributed by atoms with Gasteiger partial charge in [0.2, 0.25) is 0 Å². The third-order valence-corrected chi connectivity index (χ3v) is 11.9. The van der Waals surface area contributed by atoms with Crippen molar-refractivity contribution in [2.75, 3.05) is 45.1 Å². The number of amides is 1. The molecule has 2 aromatic rings. The molecule has 6 rings (SSSR count). The topological polar surface area (TPSA) is 220 Å². The Morgan fingerprint density at radius 3 is 2.34 bits per heavy atom. The van der Waals surface area contributed by atoms with Gasteiger partial charge >= 0.3 is 11.8 Å². The third kappa shape index (κ3) is 9.73. The zero-order chi connectivity index (χ0) is 53.7. The van der Waals surface area contributed by atoms with Crippen LogP contribution in [0.15, 0.2) is 41.2 Å². The molecular weight excluding hydrogens is 801 g/mol. The van der Waals surface area contributed by atoms with E-state index in [4.69, 9.17) is 31.3 Å². The van der Waals surface area contributed by atoms with E-state index in [9.17, 15) is 39.9 Å². The second-order valence-corrected chi connectivity index (χ2v) is 16.3. The number of carbonyl (C=O) groups is 3. The Labute approximate surface area is 376 Å². The summed E-state index contributed by atoms with van der Waals surface area (Å²) >= 11 is 0. The Kier molecular flexibility index (Phi) is 11.4. The van der Waals surface area contributed by atoms with Crippen molar-refractivity contribution in [2.45, 2.75) is 99.3 Å². The van der Waals surface area contributed by atoms with Crippen molar-refractivity contribution in [2.24, 2.45) is 34.7 Å². The molecule has 4 heterocycles. The largest absolute Gasteiger partial charge is 0.507 e. The number of aliphatic hydroxyl groups is 2. The molecule has 1 saturated heterocycles. The molecule has 0 aromatic heterocycles. The first-order valence-corrected chi connectivity index (χ1v) is 20.3. The normalized spacial score (nSPS) is 34.1. The van der Waals surface area contributed by atoms with Crippen LogP contribution in [0, 0.1) is 36.5 Å². The molecule has 1 fully saturated rings. The molecular formula is C46H64N4O12. The molecule has 2 aromatic carbocycles. The van der Waals surface area contributed by atoms with E-state index in [0.717, 1.165) is 17.4 Å². The summed E-state index contributed by atoms with van der Waals surface area (Å²) in [4.78, 5) is 41.8. The van der Waals surface area contributed by atoms with Crippen LogP contribution in [0.2, 0.25) is 0 Å². The van der Waals surface area contributed by atoms with E-state index in [2.05, 4.69) is 10.4 Å². The number of fused-ring (bicyclic) bond motifs is 14. The fourth-order valence-corrected chi connectivity index (χ4v) is 8.09. The van der Waals surface area contributed by atoms with E-state index in [1.165, 1.54) is 58.0 Å². The summed E-state index contributed by atoms with van der Waals surface area (Å²) in [5, 5.41) is 66.4. The molecule has 16 nitrogen and oxygen atoms in total. The predicted octanol–water partition coefficient (Wildman–Crippen LogP) is 5.36. The van der Waals surface area contributed by atoms with Gasteiger partial charge in [0.15, 0.2) is 5.75 Å². The van der Waals surface area contributed by atoms with Crippen LogP contribution in [0.3, 0.4) is 0 Å². The van der Waals surface area contributed by atoms with Gasteiger partial charge < -0.3 is 49.8 Å². The summed E-state index contributed by atoms with van der Waals surface area (Å²) < 4.78 is 96.2. The number of phenols is 3. The predicted molar refractivity (Wildman–Crippen MR) is 234 cm³/mol. The number of allylic oxidation sites excluding steroid dienone is 2. The number of aliphatic hydroxyl groups excluding tert-OH is 2. The molecule has 0 radical (unpaired) electrons. The van der Waals surface area contributed by atoms with Crippen LogP contribution in [0.5, 0.6) is 23.0 Å². The van der Waals surface area contributed by atoms with Gasteiger partial charge in [-0.1, -0.05) is 59.6 Å². The van der Waals surface area contributed by atoms with Gasteiger partial charge in [0.1, 0.15) is 23.4 Å². The van der Waals surface area contributed by atoms with Crippen LogP contribution in [-0.4, -0.2) is 129 Å². The van der Waals surface area contributed by atoms with Gasteiger partial charge in [-0.3, -0.25) is 24.3 Å². The van der Waals surface area contributed by atoms with E-state index < -0.39 is 131 Å². The summed E-state index contributed by atoms with van der Waals surface area (Å²) in [6.45, 7) is 0.705. The van der Waals surface area contributed by atoms with E-state index in [0.29, 0.717) is 0 Å². The minimum atomic E-state index is -3.56. The Hall–Kier alpha value is -5.16. The van der Waals surface area contributed by atoms with E-state index in [1.807, 2.05) is 0 Å². The SMILES string of the molecule is [2H]C([2H])([2H])C([2H])(C([2H])([2H])[2H])C([2H])([2H])N1CCN(/N=C/c2c3c(O)c4c(O)c(C)c5c(c4c2O)C(=O)[C@@](C)(O/C=C/[C@H](OC)[C@@H](C)[C@@H](OC(C)=O)[C@H](C)[C@H](O)[C@H](C)[C@@H](O)[C@@H](C)/C=C/C=C(/C)C(=O)N3)O5)CC1. The summed E-state index contributed by atoms with van der Waals surface area (Å²) in [5.74, 6) is -13.3. The maximum absolute atomic E-state index is 14.6. The highest BCUT2D eigenvalue weighted by Gasteiger charge is 2.50. The Morgan fingerprint density at radius 1 is 1.03 bits per heavy atom. The summed E-state index contributed by atoms with van der Waals surface area (Å²) in [6.07, 6.45) is 3.87. The molecule has 0 aliphatic carbocycles. The van der Waals surface area contributed by atoms with Crippen molar-refractivity contribution in [3.63, 3.8) is 0 Å². The van der Waals surface area contributed by atoms with Gasteiger partial charge in [-0.25, -0.2) is 0 Å². The van der Waals surface area contributed by atoms with Crippen LogP contribution in [0.4, 0.5) is 5.69 Å². The maximum atomic E-state index is 14.6. The minimum absolute atomic E-state index is 0.0377. The van der Waals surface area contributed by atoms with Crippen molar-refractivity contribution < 1.29 is 71.2 Å². The summed E-state index contributed by atoms with van der Waals surface area (Å²) in [7, 11) is 1.39. The van der Waals surface area contributed by atoms with Crippen LogP contribution < -0.4 is 10.1 Å². The van der Waals surface area contributed by atoms with Gasteiger partial charge in [0.05, 0.1) is 53.0 Å². The van der Waals surface area contributed by atoms with Crippen molar-refractivity contribution in [3.8, 4) is 23.0 Å². The first-order valence-electron chi connectivity index (χ1n) is 24.8. The van der Waals surface area contributed by atoms with Gasteiger partial charge in [-0.05, 0) is 25.8 Å². The number of hydrogen-bond acceptors (Lipinski definition) is 15. The quantitative estimate of drug-likeness (QED) is 0.0932. The second-order valence-electron chi connectivity index (χ2n) is 16.3. The Bertz CT molecular complexity index is 2490. The van der Waals surface area contributed by atoms with Crippen LogP contribution in [0.1, 0.15) is 96.0 Å². The molecule has 4 aliphatic rings. The molecule has 0 spiro atoms. The van der Waals surface area contributed by atoms with Gasteiger partial charge in [-0.15, -0.1) is 0 Å². The highest BCUT2D eigenvalue weighted by molar-refractivity contribution is 6.23. The average Bonchev–Trinajstić information content (AvgIpc) is 3.55. The average molecular weight is 874 g/mol. The number of Topliss-reactive ketones (excluding diaryl/α,β-unsaturated/α-hetero) is 1. The molecule has 0 saturated carbocycles. The number of phenolic OH excluding ortho intramolecular Hbond substituents is 3. The molecule has 0 unspecified atom stereocenters. The van der Waals surface area contributed by atoms with Crippen molar-refractivity contribution in [3.05, 3.63) is 52.8 Å². The first-order chi connectivity index (χ1) is 32.7. The molecule has 6 N–H and O–H groups in total. The van der Waals surface area contributed by atoms with Crippen molar-refractivity contribution >= 4 is 40.3 Å². The highest BCUT2D eigenvalue weighted by atomic mass is 16.7. The fraction of sp³-hybridized carbons (Fsp3) is 0.565. The number of ether oxygens (including phenoxy) is 4. The van der Waals surface area contributed by atoms with E-state index >= 15 is 0 Å². The number of carbonyl (C=O) groups excluding carboxylic acids is 3. The lowest BCUT2D eigenvalue weighted by Crippen LogP contribution is -2.46. The summed E-state index contributed by atoms with van der Waals surface area (Å²) in [5.41, 5.74) is -1.22. The Balaban J connectivity index is 1.66. The second kappa shape index (κ2) is 19.5. The number of piperazine rings is 1. The number of hydrazone groups is 1. The van der Waals surface area contributed by atoms with Crippen LogP contribution in [0.25, 0.3) is 10.8 Å². The minimum Gasteiger partial charge on any atom is -0.507 e. The van der Waals surface area contributed by atoms with Gasteiger partial charge in [-0.2, -0.15) is 5.10 Å². The lowest BCUT2D eigenvalue weighted by atomic mass is 9.78. The Morgan fingerprint density at radius 2 is 1.71 bits per heavy atom. The number of aromatic hydroxyl groups is 3. The standard InChI is InChI=1S/C46H64N4O12/c1-23(2)22-49-16-18-50(19-17-49)47-21-31-36-41(56)34-33(40(31)55)35-43(29(8)39(34)54)62-46(10,44(35)57)60-20-15-32(59-11)26(5)42(61-30(9)51)28(7)38(53)27(6)37(52)24(3)13-12-14-25(4)45(58)48-36/h12-15,20-21,23-24,26-28,32,37-38,42,52-56H,16-19,22H2,1-11H3,(H,48,58)/b13-12+,20-15+,25-14-,47-21+/t24-,26+,27+,28+,32-,37-,38+,42+,46-/m0/s1/i1D3,2D3,22D2,23D. The molecule has 9 atom stereocenters. The van der Waals surface area contributed by atoms with E-state index in [1.54, 1.807) is 33.8 Å². The lowest BCUT2D eigenvalue weighted by Gasteiger charge is -2.38. The maximum Gasteiger partial charge on any atom is 0.312 e. The first kappa shape index (κ1) is 36.3. The number of nitrogens with one attached hydrogen (secondary N) is 1. The molecule has 1 amide bonds. The van der Waals surface area contributed by atoms with Gasteiger partial charge in [0, 0.05) is 106 Å². The molecule has 340 valence electrons. The van der Waals surface area contributed by atoms with Crippen LogP contribution in [-0.2, 0) is 23.8 Å². The molecule has 16 heteroatoms. The number of rotatable bonds is 6. The highest BCUT2D eigenvalue weighted by Crippen LogP contribution is 2.55. The van der Waals surface area contributed by atoms with Crippen LogP contribution >= 0.6 is 0 Å². The number of hydrogen-bond donors (Lipinski definition) is 6. The monoisotopic (exact) mass is 874 g/mol. The number of methoxy groups -OCH3 is 1.